The summed E-state index contributed by atoms with van der Waals surface area (Å²) in [4.78, 5) is 13.4. The summed E-state index contributed by atoms with van der Waals surface area (Å²) in [7, 11) is 0. The van der Waals surface area contributed by atoms with E-state index in [1.807, 2.05) is 6.07 Å². The molecular weight excluding hydrogens is 393 g/mol. The molecule has 1 atom stereocenters. The van der Waals surface area contributed by atoms with Crippen LogP contribution in [0.5, 0.6) is 0 Å². The lowest BCUT2D eigenvalue weighted by atomic mass is 10.0. The van der Waals surface area contributed by atoms with Crippen molar-refractivity contribution in [1.29, 1.82) is 0 Å². The average Bonchev–Trinajstić information content (AvgIpc) is 2.77. The predicted octanol–water partition coefficient (Wildman–Crippen LogP) is 4.51. The normalized spacial score (nSPS) is 12.8. The van der Waals surface area contributed by atoms with E-state index in [4.69, 9.17) is 4.42 Å². The number of H-pyrrole nitrogens is 1. The first-order valence-electron chi connectivity index (χ1n) is 5.77. The van der Waals surface area contributed by atoms with Gasteiger partial charge in [0.2, 0.25) is 0 Å². The van der Waals surface area contributed by atoms with Crippen LogP contribution in [-0.4, -0.2) is 4.98 Å². The summed E-state index contributed by atoms with van der Waals surface area (Å²) in [6.45, 7) is 0. The summed E-state index contributed by atoms with van der Waals surface area (Å²) in [5.41, 5.74) is 2.37. The highest BCUT2D eigenvalue weighted by atomic mass is 79.9. The molecule has 0 spiro atoms. The summed E-state index contributed by atoms with van der Waals surface area (Å²) < 4.78 is 19.7. The zero-order valence-electron chi connectivity index (χ0n) is 9.99. The van der Waals surface area contributed by atoms with Crippen LogP contribution in [0.4, 0.5) is 4.39 Å². The van der Waals surface area contributed by atoms with Crippen LogP contribution in [0.15, 0.2) is 50.1 Å². The molecule has 1 unspecified atom stereocenters. The standard InChI is InChI=1S/C14H8Br2FNO2/c15-8-2-1-3-9(17)12(8)13(16)7-4-5-10-11(6-7)20-14(19)18-10/h1-6,13H,(H,18,19). The molecule has 0 fully saturated rings. The Hall–Kier alpha value is -1.40. The zero-order valence-corrected chi connectivity index (χ0v) is 13.2. The second-order valence-electron chi connectivity index (χ2n) is 4.27. The molecule has 0 aliphatic heterocycles. The molecule has 102 valence electrons. The number of aromatic amines is 1. The van der Waals surface area contributed by atoms with Gasteiger partial charge in [0.25, 0.3) is 0 Å². The molecule has 3 rings (SSSR count). The molecule has 2 aromatic carbocycles. The van der Waals surface area contributed by atoms with Crippen LogP contribution in [0, 0.1) is 5.82 Å². The number of hydrogen-bond donors (Lipinski definition) is 1. The van der Waals surface area contributed by atoms with Crippen molar-refractivity contribution in [2.45, 2.75) is 4.83 Å². The van der Waals surface area contributed by atoms with Gasteiger partial charge in [0, 0.05) is 10.0 Å². The minimum Gasteiger partial charge on any atom is -0.408 e. The number of fused-ring (bicyclic) bond motifs is 1. The lowest BCUT2D eigenvalue weighted by Crippen LogP contribution is -1.97. The second-order valence-corrected chi connectivity index (χ2v) is 6.04. The maximum absolute atomic E-state index is 14.0. The highest BCUT2D eigenvalue weighted by molar-refractivity contribution is 9.11. The number of benzene rings is 2. The minimum absolute atomic E-state index is 0.308. The first kappa shape index (κ1) is 13.6. The van der Waals surface area contributed by atoms with Crippen LogP contribution in [-0.2, 0) is 0 Å². The number of rotatable bonds is 2. The first-order valence-corrected chi connectivity index (χ1v) is 7.48. The number of aromatic nitrogens is 1. The molecule has 0 aliphatic rings. The molecule has 0 amide bonds. The van der Waals surface area contributed by atoms with Gasteiger partial charge in [-0.2, -0.15) is 0 Å². The summed E-state index contributed by atoms with van der Waals surface area (Å²) >= 11 is 6.84. The smallest absolute Gasteiger partial charge is 0.408 e. The molecule has 0 aliphatic carbocycles. The van der Waals surface area contributed by atoms with Gasteiger partial charge in [0.05, 0.1) is 10.3 Å². The predicted molar refractivity (Wildman–Crippen MR) is 81.7 cm³/mol. The van der Waals surface area contributed by atoms with E-state index >= 15 is 0 Å². The molecule has 0 bridgehead atoms. The SMILES string of the molecule is O=c1[nH]c2ccc(C(Br)c3c(F)cccc3Br)cc2o1. The monoisotopic (exact) mass is 399 g/mol. The third-order valence-electron chi connectivity index (χ3n) is 2.99. The largest absolute Gasteiger partial charge is 0.417 e. The maximum atomic E-state index is 14.0. The molecular formula is C14H8Br2FNO2. The first-order chi connectivity index (χ1) is 9.56. The summed E-state index contributed by atoms with van der Waals surface area (Å²) in [5.74, 6) is -0.813. The van der Waals surface area contributed by atoms with Crippen molar-refractivity contribution in [1.82, 2.24) is 4.98 Å². The number of halogens is 3. The van der Waals surface area contributed by atoms with E-state index < -0.39 is 5.76 Å². The van der Waals surface area contributed by atoms with Gasteiger partial charge < -0.3 is 4.42 Å². The quantitative estimate of drug-likeness (QED) is 0.643. The van der Waals surface area contributed by atoms with Crippen LogP contribution >= 0.6 is 31.9 Å². The fraction of sp³-hybridized carbons (Fsp3) is 0.0714. The minimum atomic E-state index is -0.504. The topological polar surface area (TPSA) is 46.0 Å². The Kier molecular flexibility index (Phi) is 3.52. The van der Waals surface area contributed by atoms with Gasteiger partial charge in [-0.3, -0.25) is 4.98 Å². The molecule has 0 radical (unpaired) electrons. The van der Waals surface area contributed by atoms with Gasteiger partial charge in [-0.25, -0.2) is 9.18 Å². The maximum Gasteiger partial charge on any atom is 0.417 e. The van der Waals surface area contributed by atoms with E-state index in [-0.39, 0.29) is 10.6 Å². The third-order valence-corrected chi connectivity index (χ3v) is 4.67. The van der Waals surface area contributed by atoms with E-state index in [0.29, 0.717) is 21.1 Å². The van der Waals surface area contributed by atoms with E-state index in [1.165, 1.54) is 6.07 Å². The number of oxazole rings is 1. The van der Waals surface area contributed by atoms with Gasteiger partial charge in [-0.1, -0.05) is 44.0 Å². The van der Waals surface area contributed by atoms with E-state index in [0.717, 1.165) is 5.56 Å². The summed E-state index contributed by atoms with van der Waals surface area (Å²) in [5, 5.41) is 0. The van der Waals surface area contributed by atoms with Gasteiger partial charge in [0.1, 0.15) is 5.82 Å². The number of nitrogens with one attached hydrogen (secondary N) is 1. The number of hydrogen-bond acceptors (Lipinski definition) is 2. The van der Waals surface area contributed by atoms with Gasteiger partial charge in [0.15, 0.2) is 5.58 Å². The molecule has 6 heteroatoms. The summed E-state index contributed by atoms with van der Waals surface area (Å²) in [6, 6.07) is 10.1. The van der Waals surface area contributed by atoms with Gasteiger partial charge in [-0.15, -0.1) is 0 Å². The van der Waals surface area contributed by atoms with Crippen molar-refractivity contribution < 1.29 is 8.81 Å². The fourth-order valence-electron chi connectivity index (χ4n) is 2.04. The zero-order chi connectivity index (χ0) is 14.3. The molecule has 20 heavy (non-hydrogen) atoms. The highest BCUT2D eigenvalue weighted by Gasteiger charge is 2.18. The Labute approximate surface area is 130 Å². The molecule has 1 aromatic heterocycles. The number of alkyl halides is 1. The van der Waals surface area contributed by atoms with Gasteiger partial charge in [-0.05, 0) is 29.8 Å². The third kappa shape index (κ3) is 2.33. The van der Waals surface area contributed by atoms with Crippen LogP contribution < -0.4 is 5.76 Å². The molecule has 3 aromatic rings. The lowest BCUT2D eigenvalue weighted by molar-refractivity contribution is 0.555. The molecule has 3 nitrogen and oxygen atoms in total. The van der Waals surface area contributed by atoms with Crippen molar-refractivity contribution >= 4 is 43.0 Å². The summed E-state index contributed by atoms with van der Waals surface area (Å²) in [6.07, 6.45) is 0. The Balaban J connectivity index is 2.12. The molecule has 0 saturated heterocycles. The van der Waals surface area contributed by atoms with Crippen LogP contribution in [0.25, 0.3) is 11.1 Å². The van der Waals surface area contributed by atoms with Crippen molar-refractivity contribution in [3.8, 4) is 0 Å². The highest BCUT2D eigenvalue weighted by Crippen LogP contribution is 2.37. The van der Waals surface area contributed by atoms with Crippen LogP contribution in [0.1, 0.15) is 16.0 Å². The lowest BCUT2D eigenvalue weighted by Gasteiger charge is -2.13. The van der Waals surface area contributed by atoms with Crippen molar-refractivity contribution in [3.05, 3.63) is 68.4 Å². The van der Waals surface area contributed by atoms with Crippen LogP contribution in [0.3, 0.4) is 0 Å². The van der Waals surface area contributed by atoms with Gasteiger partial charge >= 0.3 is 5.76 Å². The van der Waals surface area contributed by atoms with Crippen molar-refractivity contribution in [3.63, 3.8) is 0 Å². The fourth-order valence-corrected chi connectivity index (χ4v) is 3.67. The molecule has 0 saturated carbocycles. The Morgan fingerprint density at radius 2 is 2.05 bits per heavy atom. The van der Waals surface area contributed by atoms with E-state index in [2.05, 4.69) is 36.8 Å². The molecule has 1 N–H and O–H groups in total. The second kappa shape index (κ2) is 5.18. The Morgan fingerprint density at radius 1 is 1.25 bits per heavy atom. The Bertz CT molecular complexity index is 820. The Morgan fingerprint density at radius 3 is 2.80 bits per heavy atom. The average molecular weight is 401 g/mol. The van der Waals surface area contributed by atoms with Crippen molar-refractivity contribution in [2.75, 3.05) is 0 Å². The van der Waals surface area contributed by atoms with Crippen molar-refractivity contribution in [2.24, 2.45) is 0 Å². The van der Waals surface area contributed by atoms with E-state index in [9.17, 15) is 9.18 Å². The van der Waals surface area contributed by atoms with E-state index in [1.54, 1.807) is 24.3 Å². The van der Waals surface area contributed by atoms with Crippen LogP contribution in [0.2, 0.25) is 0 Å². The molecule has 1 heterocycles.